The molecule has 33 heavy (non-hydrogen) atoms. The number of aryl methyl sites for hydroxylation is 1. The van der Waals surface area contributed by atoms with Gasteiger partial charge in [-0.15, -0.1) is 0 Å². The lowest BCUT2D eigenvalue weighted by molar-refractivity contribution is -0.126. The Labute approximate surface area is 192 Å². The Hall–Kier alpha value is -4.06. The number of aromatic nitrogens is 1. The zero-order valence-corrected chi connectivity index (χ0v) is 18.6. The van der Waals surface area contributed by atoms with Crippen molar-refractivity contribution in [1.82, 2.24) is 9.88 Å². The van der Waals surface area contributed by atoms with Crippen LogP contribution in [0, 0.1) is 6.92 Å². The van der Waals surface area contributed by atoms with Crippen LogP contribution in [0.25, 0.3) is 11.5 Å². The summed E-state index contributed by atoms with van der Waals surface area (Å²) >= 11 is 0. The quantitative estimate of drug-likeness (QED) is 0.486. The third-order valence-electron chi connectivity index (χ3n) is 6.21. The minimum Gasteiger partial charge on any atom is -0.463 e. The molecule has 3 heterocycles. The van der Waals surface area contributed by atoms with Crippen molar-refractivity contribution < 1.29 is 14.0 Å². The Kier molecular flexibility index (Phi) is 5.13. The van der Waals surface area contributed by atoms with Gasteiger partial charge in [0.25, 0.3) is 5.91 Å². The molecule has 2 aromatic carbocycles. The number of hydrogen-bond acceptors (Lipinski definition) is 3. The van der Waals surface area contributed by atoms with Crippen molar-refractivity contribution in [2.24, 2.45) is 0 Å². The van der Waals surface area contributed by atoms with Crippen LogP contribution >= 0.6 is 0 Å². The molecule has 0 saturated heterocycles. The fourth-order valence-corrected chi connectivity index (χ4v) is 4.42. The van der Waals surface area contributed by atoms with Gasteiger partial charge in [0.05, 0.1) is 18.5 Å². The number of carbonyl (C=O) groups excluding carboxylic acids is 2. The number of furan rings is 1. The van der Waals surface area contributed by atoms with Gasteiger partial charge >= 0.3 is 0 Å². The van der Waals surface area contributed by atoms with Gasteiger partial charge in [0.2, 0.25) is 5.91 Å². The number of carbonyl (C=O) groups is 2. The van der Waals surface area contributed by atoms with Gasteiger partial charge in [-0.05, 0) is 55.8 Å². The van der Waals surface area contributed by atoms with E-state index in [4.69, 9.17) is 4.42 Å². The first kappa shape index (κ1) is 20.8. The first-order chi connectivity index (χ1) is 16.0. The van der Waals surface area contributed by atoms with Crippen molar-refractivity contribution in [3.8, 4) is 11.5 Å². The number of hydrogen-bond donors (Lipinski definition) is 1. The van der Waals surface area contributed by atoms with Crippen LogP contribution in [0.15, 0.2) is 89.5 Å². The lowest BCUT2D eigenvalue weighted by Gasteiger charge is -2.44. The maximum atomic E-state index is 13.8. The Morgan fingerprint density at radius 2 is 1.70 bits per heavy atom. The van der Waals surface area contributed by atoms with E-state index in [9.17, 15) is 9.59 Å². The molecule has 1 aliphatic heterocycles. The zero-order chi connectivity index (χ0) is 23.0. The standard InChI is InChI=1S/C27H25N3O3/c1-19-10-12-21(13-11-19)30-25(31)23-15-14-22(24-9-6-16-33-24)29(23)18-27(30,2)26(32)28-17-20-7-4-3-5-8-20/h3-16H,17-18H2,1-2H3,(H,28,32)/t27-/m0/s1. The Morgan fingerprint density at radius 1 is 0.970 bits per heavy atom. The molecule has 0 bridgehead atoms. The molecule has 4 aromatic rings. The zero-order valence-electron chi connectivity index (χ0n) is 18.6. The number of nitrogens with zero attached hydrogens (tertiary/aromatic N) is 2. The summed E-state index contributed by atoms with van der Waals surface area (Å²) in [6, 6.07) is 24.8. The van der Waals surface area contributed by atoms with Crippen molar-refractivity contribution in [1.29, 1.82) is 0 Å². The number of amides is 2. The molecule has 2 amide bonds. The monoisotopic (exact) mass is 439 g/mol. The second kappa shape index (κ2) is 8.13. The van der Waals surface area contributed by atoms with Crippen LogP contribution in [-0.4, -0.2) is 21.9 Å². The predicted molar refractivity (Wildman–Crippen MR) is 127 cm³/mol. The second-order valence-corrected chi connectivity index (χ2v) is 8.59. The van der Waals surface area contributed by atoms with E-state index in [1.54, 1.807) is 17.2 Å². The highest BCUT2D eigenvalue weighted by molar-refractivity contribution is 6.12. The number of benzene rings is 2. The first-order valence-electron chi connectivity index (χ1n) is 10.9. The summed E-state index contributed by atoms with van der Waals surface area (Å²) in [5.74, 6) is 0.218. The van der Waals surface area contributed by atoms with Gasteiger partial charge in [-0.1, -0.05) is 48.0 Å². The summed E-state index contributed by atoms with van der Waals surface area (Å²) in [5.41, 5.74) is 2.92. The van der Waals surface area contributed by atoms with E-state index in [-0.39, 0.29) is 11.8 Å². The molecular formula is C27H25N3O3. The van der Waals surface area contributed by atoms with Crippen molar-refractivity contribution in [2.75, 3.05) is 4.90 Å². The van der Waals surface area contributed by atoms with Gasteiger partial charge in [0.1, 0.15) is 17.0 Å². The summed E-state index contributed by atoms with van der Waals surface area (Å²) in [6.07, 6.45) is 1.60. The molecule has 6 nitrogen and oxygen atoms in total. The van der Waals surface area contributed by atoms with E-state index in [1.807, 2.05) is 91.2 Å². The Bertz CT molecular complexity index is 1290. The molecule has 0 radical (unpaired) electrons. The van der Waals surface area contributed by atoms with Gasteiger partial charge in [-0.3, -0.25) is 14.5 Å². The van der Waals surface area contributed by atoms with Crippen LogP contribution in [0.3, 0.4) is 0 Å². The smallest absolute Gasteiger partial charge is 0.275 e. The van der Waals surface area contributed by atoms with E-state index in [0.29, 0.717) is 30.2 Å². The molecule has 166 valence electrons. The van der Waals surface area contributed by atoms with Crippen molar-refractivity contribution in [2.45, 2.75) is 32.5 Å². The van der Waals surface area contributed by atoms with Gasteiger partial charge in [0, 0.05) is 12.2 Å². The average molecular weight is 440 g/mol. The van der Waals surface area contributed by atoms with Gasteiger partial charge < -0.3 is 14.3 Å². The molecule has 0 unspecified atom stereocenters. The highest BCUT2D eigenvalue weighted by Crippen LogP contribution is 2.36. The average Bonchev–Trinajstić information content (AvgIpc) is 3.49. The fourth-order valence-electron chi connectivity index (χ4n) is 4.42. The number of fused-ring (bicyclic) bond motifs is 1. The van der Waals surface area contributed by atoms with E-state index < -0.39 is 5.54 Å². The van der Waals surface area contributed by atoms with Crippen molar-refractivity contribution >= 4 is 17.5 Å². The number of nitrogens with one attached hydrogen (secondary N) is 1. The molecule has 0 fully saturated rings. The Balaban J connectivity index is 1.56. The van der Waals surface area contributed by atoms with Crippen LogP contribution in [0.5, 0.6) is 0 Å². The summed E-state index contributed by atoms with van der Waals surface area (Å²) in [5, 5.41) is 3.05. The van der Waals surface area contributed by atoms with E-state index in [0.717, 1.165) is 16.8 Å². The van der Waals surface area contributed by atoms with Crippen molar-refractivity contribution in [3.63, 3.8) is 0 Å². The minimum atomic E-state index is -1.14. The normalized spacial score (nSPS) is 17.6. The number of anilines is 1. The lowest BCUT2D eigenvalue weighted by atomic mass is 9.93. The summed E-state index contributed by atoms with van der Waals surface area (Å²) in [6.45, 7) is 4.49. The molecule has 2 aromatic heterocycles. The van der Waals surface area contributed by atoms with E-state index in [1.165, 1.54) is 0 Å². The van der Waals surface area contributed by atoms with Gasteiger partial charge in [0.15, 0.2) is 0 Å². The van der Waals surface area contributed by atoms with Crippen LogP contribution in [-0.2, 0) is 17.9 Å². The molecule has 1 atom stereocenters. The van der Waals surface area contributed by atoms with E-state index in [2.05, 4.69) is 5.32 Å². The van der Waals surface area contributed by atoms with Crippen LogP contribution in [0.4, 0.5) is 5.69 Å². The maximum absolute atomic E-state index is 13.8. The van der Waals surface area contributed by atoms with Gasteiger partial charge in [-0.25, -0.2) is 0 Å². The summed E-state index contributed by atoms with van der Waals surface area (Å²) in [4.78, 5) is 29.1. The van der Waals surface area contributed by atoms with Crippen LogP contribution in [0.2, 0.25) is 0 Å². The number of rotatable bonds is 5. The van der Waals surface area contributed by atoms with E-state index >= 15 is 0 Å². The van der Waals surface area contributed by atoms with Crippen LogP contribution in [0.1, 0.15) is 28.5 Å². The van der Waals surface area contributed by atoms with Crippen LogP contribution < -0.4 is 10.2 Å². The summed E-state index contributed by atoms with van der Waals surface area (Å²) < 4.78 is 7.47. The maximum Gasteiger partial charge on any atom is 0.275 e. The molecule has 0 spiro atoms. The van der Waals surface area contributed by atoms with Crippen molar-refractivity contribution in [3.05, 3.63) is 102 Å². The fraction of sp³-hybridized carbons (Fsp3) is 0.185. The molecule has 0 aliphatic carbocycles. The Morgan fingerprint density at radius 3 is 2.39 bits per heavy atom. The molecular weight excluding hydrogens is 414 g/mol. The third kappa shape index (κ3) is 3.63. The largest absolute Gasteiger partial charge is 0.463 e. The molecule has 1 N–H and O–H groups in total. The predicted octanol–water partition coefficient (Wildman–Crippen LogP) is 4.79. The summed E-state index contributed by atoms with van der Waals surface area (Å²) in [7, 11) is 0. The molecule has 6 heteroatoms. The first-order valence-corrected chi connectivity index (χ1v) is 10.9. The third-order valence-corrected chi connectivity index (χ3v) is 6.21. The minimum absolute atomic E-state index is 0.218. The molecule has 0 saturated carbocycles. The molecule has 5 rings (SSSR count). The molecule has 1 aliphatic rings. The SMILES string of the molecule is Cc1ccc(N2C(=O)c3ccc(-c4ccco4)n3C[C@@]2(C)C(=O)NCc2ccccc2)cc1. The second-order valence-electron chi connectivity index (χ2n) is 8.59. The lowest BCUT2D eigenvalue weighted by Crippen LogP contribution is -2.64. The highest BCUT2D eigenvalue weighted by atomic mass is 16.3. The highest BCUT2D eigenvalue weighted by Gasteiger charge is 2.48. The topological polar surface area (TPSA) is 67.5 Å². The van der Waals surface area contributed by atoms with Gasteiger partial charge in [-0.2, -0.15) is 0 Å².